The Balaban J connectivity index is 2.04. The third-order valence-electron chi connectivity index (χ3n) is 2.12. The molecule has 2 N–H and O–H groups in total. The van der Waals surface area contributed by atoms with Gasteiger partial charge in [-0.3, -0.25) is 0 Å². The van der Waals surface area contributed by atoms with Crippen molar-refractivity contribution in [2.45, 2.75) is 18.4 Å². The lowest BCUT2D eigenvalue weighted by molar-refractivity contribution is 0.266. The second-order valence-electron chi connectivity index (χ2n) is 3.17. The lowest BCUT2D eigenvalue weighted by Crippen LogP contribution is -2.26. The van der Waals surface area contributed by atoms with E-state index < -0.39 is 0 Å². The predicted molar refractivity (Wildman–Crippen MR) is 44.7 cm³/mol. The molecule has 1 aromatic heterocycles. The van der Waals surface area contributed by atoms with Gasteiger partial charge in [0.15, 0.2) is 0 Å². The summed E-state index contributed by atoms with van der Waals surface area (Å²) in [5, 5.41) is 19.8. The van der Waals surface area contributed by atoms with Gasteiger partial charge in [0.1, 0.15) is 5.82 Å². The number of anilines is 1. The Labute approximate surface area is 70.6 Å². The van der Waals surface area contributed by atoms with E-state index in [1.807, 2.05) is 12.1 Å². The molecule has 1 heterocycles. The third-order valence-corrected chi connectivity index (χ3v) is 2.12. The van der Waals surface area contributed by atoms with Crippen molar-refractivity contribution in [2.24, 2.45) is 0 Å². The fourth-order valence-electron chi connectivity index (χ4n) is 1.11. The molecule has 4 nitrogen and oxygen atoms in total. The number of aliphatic hydroxyl groups excluding tert-OH is 1. The van der Waals surface area contributed by atoms with E-state index in [1.54, 1.807) is 6.20 Å². The van der Waals surface area contributed by atoms with E-state index in [4.69, 9.17) is 5.11 Å². The van der Waals surface area contributed by atoms with Crippen LogP contribution in [0.25, 0.3) is 0 Å². The first-order valence-electron chi connectivity index (χ1n) is 4.01. The third kappa shape index (κ3) is 1.38. The molecular weight excluding hydrogens is 154 g/mol. The Morgan fingerprint density at radius 1 is 1.58 bits per heavy atom. The summed E-state index contributed by atoms with van der Waals surface area (Å²) in [6.45, 7) is 0.170. The smallest absolute Gasteiger partial charge is 0.149 e. The molecule has 1 aliphatic carbocycles. The standard InChI is InChI=1S/C8H11N3O/c12-6-8(3-4-8)10-7-2-1-5-9-11-7/h1-2,5,12H,3-4,6H2,(H,10,11). The highest BCUT2D eigenvalue weighted by molar-refractivity contribution is 5.38. The van der Waals surface area contributed by atoms with Crippen molar-refractivity contribution in [3.05, 3.63) is 18.3 Å². The van der Waals surface area contributed by atoms with Gasteiger partial charge in [0, 0.05) is 6.20 Å². The van der Waals surface area contributed by atoms with Gasteiger partial charge in [0.05, 0.1) is 12.1 Å². The molecule has 1 aromatic rings. The van der Waals surface area contributed by atoms with Crippen molar-refractivity contribution in [2.75, 3.05) is 11.9 Å². The molecule has 1 fully saturated rings. The Morgan fingerprint density at radius 3 is 2.92 bits per heavy atom. The molecule has 4 heteroatoms. The van der Waals surface area contributed by atoms with Gasteiger partial charge in [-0.05, 0) is 25.0 Å². The first-order chi connectivity index (χ1) is 5.85. The SMILES string of the molecule is OCC1(Nc2cccnn2)CC1. The zero-order valence-corrected chi connectivity index (χ0v) is 6.70. The second kappa shape index (κ2) is 2.71. The highest BCUT2D eigenvalue weighted by Gasteiger charge is 2.42. The molecular formula is C8H11N3O. The van der Waals surface area contributed by atoms with Crippen LogP contribution in [0.1, 0.15) is 12.8 Å². The van der Waals surface area contributed by atoms with Crippen molar-refractivity contribution in [3.8, 4) is 0 Å². The second-order valence-corrected chi connectivity index (χ2v) is 3.17. The van der Waals surface area contributed by atoms with E-state index in [1.165, 1.54) is 0 Å². The maximum absolute atomic E-state index is 9.01. The minimum absolute atomic E-state index is 0.101. The molecule has 0 spiro atoms. The van der Waals surface area contributed by atoms with Crippen LogP contribution < -0.4 is 5.32 Å². The summed E-state index contributed by atoms with van der Waals surface area (Å²) in [7, 11) is 0. The predicted octanol–water partition coefficient (Wildman–Crippen LogP) is 0.413. The van der Waals surface area contributed by atoms with Crippen molar-refractivity contribution in [1.29, 1.82) is 0 Å². The van der Waals surface area contributed by atoms with Gasteiger partial charge in [-0.15, -0.1) is 5.10 Å². The molecule has 0 unspecified atom stereocenters. The molecule has 0 radical (unpaired) electrons. The summed E-state index contributed by atoms with van der Waals surface area (Å²) in [5.41, 5.74) is -0.101. The number of aliphatic hydroxyl groups is 1. The van der Waals surface area contributed by atoms with E-state index in [0.717, 1.165) is 18.7 Å². The van der Waals surface area contributed by atoms with Gasteiger partial charge in [0.25, 0.3) is 0 Å². The molecule has 0 saturated heterocycles. The van der Waals surface area contributed by atoms with Crippen molar-refractivity contribution >= 4 is 5.82 Å². The minimum atomic E-state index is -0.101. The molecule has 0 aromatic carbocycles. The average molecular weight is 165 g/mol. The first kappa shape index (κ1) is 7.49. The maximum Gasteiger partial charge on any atom is 0.149 e. The fraction of sp³-hybridized carbons (Fsp3) is 0.500. The molecule has 0 amide bonds. The van der Waals surface area contributed by atoms with Crippen LogP contribution in [0.3, 0.4) is 0 Å². The highest BCUT2D eigenvalue weighted by atomic mass is 16.3. The van der Waals surface area contributed by atoms with E-state index in [2.05, 4.69) is 15.5 Å². The van der Waals surface area contributed by atoms with Gasteiger partial charge in [-0.25, -0.2) is 0 Å². The van der Waals surface area contributed by atoms with Crippen molar-refractivity contribution in [1.82, 2.24) is 10.2 Å². The number of nitrogens with one attached hydrogen (secondary N) is 1. The lowest BCUT2D eigenvalue weighted by Gasteiger charge is -2.13. The number of hydrogen-bond acceptors (Lipinski definition) is 4. The van der Waals surface area contributed by atoms with Gasteiger partial charge in [-0.2, -0.15) is 5.10 Å². The van der Waals surface area contributed by atoms with Crippen molar-refractivity contribution < 1.29 is 5.11 Å². The minimum Gasteiger partial charge on any atom is -0.394 e. The Morgan fingerprint density at radius 2 is 2.42 bits per heavy atom. The van der Waals surface area contributed by atoms with Gasteiger partial charge >= 0.3 is 0 Å². The van der Waals surface area contributed by atoms with Crippen LogP contribution in [0, 0.1) is 0 Å². The lowest BCUT2D eigenvalue weighted by atomic mass is 10.3. The normalized spacial score (nSPS) is 18.8. The van der Waals surface area contributed by atoms with Crippen LogP contribution in [-0.2, 0) is 0 Å². The van der Waals surface area contributed by atoms with Crippen LogP contribution in [0.2, 0.25) is 0 Å². The first-order valence-corrected chi connectivity index (χ1v) is 4.01. The van der Waals surface area contributed by atoms with E-state index in [9.17, 15) is 0 Å². The topological polar surface area (TPSA) is 58.0 Å². The summed E-state index contributed by atoms with van der Waals surface area (Å²) >= 11 is 0. The molecule has 0 atom stereocenters. The summed E-state index contributed by atoms with van der Waals surface area (Å²) in [6.07, 6.45) is 3.66. The van der Waals surface area contributed by atoms with Crippen LogP contribution in [0.4, 0.5) is 5.82 Å². The van der Waals surface area contributed by atoms with E-state index >= 15 is 0 Å². The molecule has 12 heavy (non-hydrogen) atoms. The number of aromatic nitrogens is 2. The largest absolute Gasteiger partial charge is 0.394 e. The maximum atomic E-state index is 9.01. The van der Waals surface area contributed by atoms with Crippen molar-refractivity contribution in [3.63, 3.8) is 0 Å². The summed E-state index contributed by atoms with van der Waals surface area (Å²) in [6, 6.07) is 3.67. The molecule has 0 bridgehead atoms. The van der Waals surface area contributed by atoms with E-state index in [0.29, 0.717) is 0 Å². The van der Waals surface area contributed by atoms with Gasteiger partial charge < -0.3 is 10.4 Å². The average Bonchev–Trinajstić information content (AvgIpc) is 2.88. The molecule has 64 valence electrons. The zero-order chi connectivity index (χ0) is 8.44. The highest BCUT2D eigenvalue weighted by Crippen LogP contribution is 2.37. The molecule has 0 aliphatic heterocycles. The molecule has 1 aliphatic rings. The van der Waals surface area contributed by atoms with Crippen LogP contribution >= 0.6 is 0 Å². The molecule has 2 rings (SSSR count). The molecule has 1 saturated carbocycles. The number of nitrogens with zero attached hydrogens (tertiary/aromatic N) is 2. The van der Waals surface area contributed by atoms with Crippen LogP contribution in [0.15, 0.2) is 18.3 Å². The Bertz CT molecular complexity index is 258. The Kier molecular flexibility index (Phi) is 1.69. The zero-order valence-electron chi connectivity index (χ0n) is 6.70. The monoisotopic (exact) mass is 165 g/mol. The summed E-state index contributed by atoms with van der Waals surface area (Å²) in [4.78, 5) is 0. The quantitative estimate of drug-likeness (QED) is 0.681. The van der Waals surface area contributed by atoms with Gasteiger partial charge in [0.2, 0.25) is 0 Å². The Hall–Kier alpha value is -1.16. The number of rotatable bonds is 3. The summed E-state index contributed by atoms with van der Waals surface area (Å²) < 4.78 is 0. The van der Waals surface area contributed by atoms with Gasteiger partial charge in [-0.1, -0.05) is 0 Å². The fourth-order valence-corrected chi connectivity index (χ4v) is 1.11. The van der Waals surface area contributed by atoms with Crippen LogP contribution in [-0.4, -0.2) is 27.4 Å². The number of hydrogen-bond donors (Lipinski definition) is 2. The van der Waals surface area contributed by atoms with E-state index in [-0.39, 0.29) is 12.1 Å². The summed E-state index contributed by atoms with van der Waals surface area (Å²) in [5.74, 6) is 0.740. The van der Waals surface area contributed by atoms with Crippen LogP contribution in [0.5, 0.6) is 0 Å².